The minimum atomic E-state index is -0.512. The van der Waals surface area contributed by atoms with Crippen molar-refractivity contribution in [2.45, 2.75) is 6.92 Å². The third-order valence-corrected chi connectivity index (χ3v) is 3.40. The molecule has 7 heteroatoms. The van der Waals surface area contributed by atoms with Crippen LogP contribution in [0, 0.1) is 17.0 Å². The smallest absolute Gasteiger partial charge is 0.270 e. The summed E-state index contributed by atoms with van der Waals surface area (Å²) in [6.07, 6.45) is 3.17. The number of pyridine rings is 1. The molecule has 2 rings (SSSR count). The van der Waals surface area contributed by atoms with Crippen molar-refractivity contribution in [1.29, 1.82) is 0 Å². The summed E-state index contributed by atoms with van der Waals surface area (Å²) in [5, 5.41) is 11.0. The van der Waals surface area contributed by atoms with E-state index in [1.165, 1.54) is 17.0 Å². The highest BCUT2D eigenvalue weighted by Crippen LogP contribution is 2.22. The number of nitro benzene ring substituents is 1. The Balaban J connectivity index is 2.41. The predicted molar refractivity (Wildman–Crippen MR) is 85.6 cm³/mol. The lowest BCUT2D eigenvalue weighted by molar-refractivity contribution is -0.384. The van der Waals surface area contributed by atoms with Crippen LogP contribution >= 0.6 is 0 Å². The van der Waals surface area contributed by atoms with Gasteiger partial charge < -0.3 is 9.64 Å². The standard InChI is InChI=1S/C16H17N3O4/c1-12-3-4-14(19(21)22)11-15(12)16(20)18(9-10-23-2)13-5-7-17-8-6-13/h3-8,11H,9-10H2,1-2H3. The molecule has 0 aliphatic heterocycles. The Morgan fingerprint density at radius 3 is 2.61 bits per heavy atom. The Hall–Kier alpha value is -2.80. The molecule has 0 fully saturated rings. The predicted octanol–water partition coefficient (Wildman–Crippen LogP) is 2.59. The number of rotatable bonds is 6. The Labute approximate surface area is 133 Å². The molecule has 0 N–H and O–H groups in total. The van der Waals surface area contributed by atoms with Crippen LogP contribution in [0.1, 0.15) is 15.9 Å². The van der Waals surface area contributed by atoms with Gasteiger partial charge in [0, 0.05) is 49.4 Å². The van der Waals surface area contributed by atoms with Gasteiger partial charge in [-0.2, -0.15) is 0 Å². The number of amides is 1. The zero-order valence-electron chi connectivity index (χ0n) is 12.9. The minimum Gasteiger partial charge on any atom is -0.383 e. The molecule has 0 bridgehead atoms. The van der Waals surface area contributed by atoms with Crippen molar-refractivity contribution in [1.82, 2.24) is 4.98 Å². The first-order chi connectivity index (χ1) is 11.0. The molecule has 1 amide bonds. The molecule has 7 nitrogen and oxygen atoms in total. The molecule has 0 saturated carbocycles. The van der Waals surface area contributed by atoms with Crippen molar-refractivity contribution >= 4 is 17.3 Å². The quantitative estimate of drug-likeness (QED) is 0.604. The second kappa shape index (κ2) is 7.46. The zero-order valence-corrected chi connectivity index (χ0v) is 12.9. The van der Waals surface area contributed by atoms with Crippen LogP contribution in [0.25, 0.3) is 0 Å². The first-order valence-electron chi connectivity index (χ1n) is 7.00. The molecule has 0 radical (unpaired) electrons. The normalized spacial score (nSPS) is 10.3. The Morgan fingerprint density at radius 2 is 2.00 bits per heavy atom. The summed E-state index contributed by atoms with van der Waals surface area (Å²) in [7, 11) is 1.55. The van der Waals surface area contributed by atoms with Crippen molar-refractivity contribution in [2.24, 2.45) is 0 Å². The third kappa shape index (κ3) is 3.89. The number of hydrogen-bond acceptors (Lipinski definition) is 5. The number of aryl methyl sites for hydroxylation is 1. The number of anilines is 1. The number of nitrogens with zero attached hydrogens (tertiary/aromatic N) is 3. The Bertz CT molecular complexity index is 704. The maximum atomic E-state index is 12.9. The summed E-state index contributed by atoms with van der Waals surface area (Å²) < 4.78 is 5.05. The van der Waals surface area contributed by atoms with E-state index in [2.05, 4.69) is 4.98 Å². The van der Waals surface area contributed by atoms with Crippen molar-refractivity contribution in [3.63, 3.8) is 0 Å². The largest absolute Gasteiger partial charge is 0.383 e. The number of carbonyl (C=O) groups excluding carboxylic acids is 1. The van der Waals surface area contributed by atoms with Crippen LogP contribution in [-0.4, -0.2) is 36.1 Å². The van der Waals surface area contributed by atoms with Crippen molar-refractivity contribution in [2.75, 3.05) is 25.2 Å². The van der Waals surface area contributed by atoms with E-state index in [1.807, 2.05) is 0 Å². The Kier molecular flexibility index (Phi) is 5.37. The van der Waals surface area contributed by atoms with Crippen LogP contribution < -0.4 is 4.90 Å². The van der Waals surface area contributed by atoms with Gasteiger partial charge in [0.1, 0.15) is 0 Å². The fraction of sp³-hybridized carbons (Fsp3) is 0.250. The van der Waals surface area contributed by atoms with E-state index in [-0.39, 0.29) is 11.6 Å². The topological polar surface area (TPSA) is 85.6 Å². The summed E-state index contributed by atoms with van der Waals surface area (Å²) in [5.74, 6) is -0.311. The summed E-state index contributed by atoms with van der Waals surface area (Å²) >= 11 is 0. The van der Waals surface area contributed by atoms with Gasteiger partial charge in [-0.3, -0.25) is 19.9 Å². The molecule has 1 heterocycles. The minimum absolute atomic E-state index is 0.111. The van der Waals surface area contributed by atoms with Gasteiger partial charge in [-0.15, -0.1) is 0 Å². The molecule has 0 saturated heterocycles. The average molecular weight is 315 g/mol. The van der Waals surface area contributed by atoms with Crippen molar-refractivity contribution in [3.8, 4) is 0 Å². The van der Waals surface area contributed by atoms with Gasteiger partial charge in [0.05, 0.1) is 11.5 Å². The molecular weight excluding hydrogens is 298 g/mol. The van der Waals surface area contributed by atoms with Crippen molar-refractivity contribution < 1.29 is 14.5 Å². The Morgan fingerprint density at radius 1 is 1.30 bits per heavy atom. The molecule has 23 heavy (non-hydrogen) atoms. The number of methoxy groups -OCH3 is 1. The highest BCUT2D eigenvalue weighted by molar-refractivity contribution is 6.07. The van der Waals surface area contributed by atoms with Crippen LogP contribution in [0.5, 0.6) is 0 Å². The summed E-state index contributed by atoms with van der Waals surface area (Å²) in [6.45, 7) is 2.43. The maximum absolute atomic E-state index is 12.9. The number of hydrogen-bond donors (Lipinski definition) is 0. The number of aromatic nitrogens is 1. The molecule has 0 unspecified atom stereocenters. The van der Waals surface area contributed by atoms with Gasteiger partial charge in [-0.25, -0.2) is 0 Å². The maximum Gasteiger partial charge on any atom is 0.270 e. The molecular formula is C16H17N3O4. The molecule has 0 aliphatic rings. The second-order valence-electron chi connectivity index (χ2n) is 4.91. The lowest BCUT2D eigenvalue weighted by atomic mass is 10.1. The highest BCUT2D eigenvalue weighted by atomic mass is 16.6. The number of benzene rings is 1. The van der Waals surface area contributed by atoms with Crippen LogP contribution in [0.2, 0.25) is 0 Å². The van der Waals surface area contributed by atoms with Gasteiger partial charge in [-0.05, 0) is 24.6 Å². The lowest BCUT2D eigenvalue weighted by Gasteiger charge is -2.23. The summed E-state index contributed by atoms with van der Waals surface area (Å²) in [6, 6.07) is 7.68. The fourth-order valence-electron chi connectivity index (χ4n) is 2.15. The second-order valence-corrected chi connectivity index (χ2v) is 4.91. The van der Waals surface area contributed by atoms with Gasteiger partial charge in [0.25, 0.3) is 11.6 Å². The van der Waals surface area contributed by atoms with Gasteiger partial charge >= 0.3 is 0 Å². The van der Waals surface area contributed by atoms with E-state index in [4.69, 9.17) is 4.74 Å². The fourth-order valence-corrected chi connectivity index (χ4v) is 2.15. The first-order valence-corrected chi connectivity index (χ1v) is 7.00. The monoisotopic (exact) mass is 315 g/mol. The van der Waals surface area contributed by atoms with Crippen LogP contribution in [-0.2, 0) is 4.74 Å². The number of carbonyl (C=O) groups is 1. The molecule has 0 spiro atoms. The molecule has 1 aromatic heterocycles. The van der Waals surface area contributed by atoms with E-state index in [1.54, 1.807) is 44.6 Å². The zero-order chi connectivity index (χ0) is 16.8. The average Bonchev–Trinajstić information content (AvgIpc) is 2.56. The summed E-state index contributed by atoms with van der Waals surface area (Å²) in [4.78, 5) is 28.8. The highest BCUT2D eigenvalue weighted by Gasteiger charge is 2.21. The number of nitro groups is 1. The van der Waals surface area contributed by atoms with E-state index < -0.39 is 4.92 Å². The summed E-state index contributed by atoms with van der Waals surface area (Å²) in [5.41, 5.74) is 1.53. The van der Waals surface area contributed by atoms with Crippen LogP contribution in [0.4, 0.5) is 11.4 Å². The van der Waals surface area contributed by atoms with E-state index >= 15 is 0 Å². The number of non-ortho nitro benzene ring substituents is 1. The van der Waals surface area contributed by atoms with Crippen molar-refractivity contribution in [3.05, 3.63) is 64.0 Å². The van der Waals surface area contributed by atoms with Crippen LogP contribution in [0.3, 0.4) is 0 Å². The van der Waals surface area contributed by atoms with Gasteiger partial charge in [0.15, 0.2) is 0 Å². The third-order valence-electron chi connectivity index (χ3n) is 3.40. The van der Waals surface area contributed by atoms with E-state index in [0.717, 1.165) is 0 Å². The van der Waals surface area contributed by atoms with Crippen LogP contribution in [0.15, 0.2) is 42.7 Å². The molecule has 0 atom stereocenters. The van der Waals surface area contributed by atoms with E-state index in [9.17, 15) is 14.9 Å². The molecule has 0 aliphatic carbocycles. The van der Waals surface area contributed by atoms with E-state index in [0.29, 0.717) is 30.0 Å². The molecule has 1 aromatic carbocycles. The first kappa shape index (κ1) is 16.6. The number of ether oxygens (including phenoxy) is 1. The van der Waals surface area contributed by atoms with Gasteiger partial charge in [-0.1, -0.05) is 6.07 Å². The molecule has 120 valence electrons. The SMILES string of the molecule is COCCN(C(=O)c1cc([N+](=O)[O-])ccc1C)c1ccncc1. The molecule has 2 aromatic rings. The lowest BCUT2D eigenvalue weighted by Crippen LogP contribution is -2.34. The van der Waals surface area contributed by atoms with Gasteiger partial charge in [0.2, 0.25) is 0 Å².